The topological polar surface area (TPSA) is 81.9 Å². The Hall–Kier alpha value is -3.03. The minimum atomic E-state index is -0.285. The second-order valence-corrected chi connectivity index (χ2v) is 11.0. The summed E-state index contributed by atoms with van der Waals surface area (Å²) in [7, 11) is 0. The quantitative estimate of drug-likeness (QED) is 0.602. The second kappa shape index (κ2) is 7.23. The first-order valence-electron chi connectivity index (χ1n) is 12.4. The molecule has 6 atom stereocenters. The Labute approximate surface area is 197 Å². The summed E-state index contributed by atoms with van der Waals surface area (Å²) < 4.78 is 22.1. The third-order valence-electron chi connectivity index (χ3n) is 9.07. The van der Waals surface area contributed by atoms with Crippen molar-refractivity contribution in [3.8, 4) is 5.75 Å². The molecule has 3 aromatic rings. The number of carbonyl (C=O) groups is 1. The average molecular weight is 462 g/mol. The molecule has 7 nitrogen and oxygen atoms in total. The first-order valence-corrected chi connectivity index (χ1v) is 12.4. The standard InChI is InChI=1S/C26H28FN5O2/c1-14(25(33)31-26-9-15(10-26)22(11-26)32-12-29-30-13-32)24-18-7-17(8-19(18)24)34-23-4-5-28-21-3-2-16(27)6-20(21)23/h2-6,12-15,17-19,22,24H,7-11H2,1H3,(H,31,33)/t14?,15?,17?,18-,19+,22?,24?,26?. The van der Waals surface area contributed by atoms with Gasteiger partial charge < -0.3 is 14.6 Å². The molecule has 0 spiro atoms. The van der Waals surface area contributed by atoms with Crippen molar-refractivity contribution >= 4 is 16.8 Å². The number of nitrogens with one attached hydrogen (secondary N) is 1. The van der Waals surface area contributed by atoms with E-state index < -0.39 is 0 Å². The monoisotopic (exact) mass is 461 g/mol. The van der Waals surface area contributed by atoms with Crippen LogP contribution in [0.3, 0.4) is 0 Å². The first kappa shape index (κ1) is 20.4. The average Bonchev–Trinajstić information content (AvgIpc) is 3.34. The predicted molar refractivity (Wildman–Crippen MR) is 122 cm³/mol. The van der Waals surface area contributed by atoms with Crippen molar-refractivity contribution in [1.29, 1.82) is 0 Å². The van der Waals surface area contributed by atoms with Gasteiger partial charge in [-0.15, -0.1) is 10.2 Å². The number of aromatic nitrogens is 4. The van der Waals surface area contributed by atoms with Gasteiger partial charge in [0.05, 0.1) is 11.6 Å². The molecule has 1 N–H and O–H groups in total. The van der Waals surface area contributed by atoms with E-state index in [2.05, 4.69) is 32.0 Å². The molecule has 5 fully saturated rings. The number of fused-ring (bicyclic) bond motifs is 3. The fourth-order valence-corrected chi connectivity index (χ4v) is 7.44. The molecule has 0 saturated heterocycles. The summed E-state index contributed by atoms with van der Waals surface area (Å²) in [5.74, 6) is 2.76. The molecule has 2 aromatic heterocycles. The molecule has 1 aromatic carbocycles. The van der Waals surface area contributed by atoms with Gasteiger partial charge in [-0.05, 0) is 80.0 Å². The summed E-state index contributed by atoms with van der Waals surface area (Å²) in [6.45, 7) is 2.09. The van der Waals surface area contributed by atoms with Crippen molar-refractivity contribution in [3.63, 3.8) is 0 Å². The van der Waals surface area contributed by atoms with E-state index in [0.717, 1.165) is 37.6 Å². The molecule has 176 valence electrons. The summed E-state index contributed by atoms with van der Waals surface area (Å²) in [5, 5.41) is 12.0. The summed E-state index contributed by atoms with van der Waals surface area (Å²) in [6, 6.07) is 6.82. The first-order chi connectivity index (χ1) is 16.5. The van der Waals surface area contributed by atoms with Crippen molar-refractivity contribution in [2.45, 2.75) is 56.7 Å². The number of carbonyl (C=O) groups excluding carboxylic acids is 1. The molecule has 2 bridgehead atoms. The van der Waals surface area contributed by atoms with Crippen LogP contribution >= 0.6 is 0 Å². The van der Waals surface area contributed by atoms with Gasteiger partial charge in [0.2, 0.25) is 5.91 Å². The van der Waals surface area contributed by atoms with Crippen LogP contribution < -0.4 is 10.1 Å². The molecule has 8 rings (SSSR count). The van der Waals surface area contributed by atoms with E-state index in [1.807, 2.05) is 6.07 Å². The zero-order chi connectivity index (χ0) is 23.0. The van der Waals surface area contributed by atoms with Crippen molar-refractivity contribution in [3.05, 3.63) is 48.9 Å². The van der Waals surface area contributed by atoms with Gasteiger partial charge >= 0.3 is 0 Å². The van der Waals surface area contributed by atoms with Crippen LogP contribution in [-0.2, 0) is 4.79 Å². The van der Waals surface area contributed by atoms with Crippen molar-refractivity contribution in [2.24, 2.45) is 29.6 Å². The maximum Gasteiger partial charge on any atom is 0.223 e. The SMILES string of the molecule is CC(C(=O)NC12CC(C1)C(n1cnnc1)C2)C1[C@H]2CC(Oc3ccnc4ccc(F)cc34)C[C@@H]12. The Kier molecular flexibility index (Phi) is 4.33. The van der Waals surface area contributed by atoms with Crippen molar-refractivity contribution in [2.75, 3.05) is 0 Å². The highest BCUT2D eigenvalue weighted by Crippen LogP contribution is 2.62. The molecule has 0 radical (unpaired) electrons. The highest BCUT2D eigenvalue weighted by atomic mass is 19.1. The maximum absolute atomic E-state index is 13.8. The largest absolute Gasteiger partial charge is 0.490 e. The van der Waals surface area contributed by atoms with Crippen LogP contribution in [0.4, 0.5) is 4.39 Å². The third-order valence-corrected chi connectivity index (χ3v) is 9.07. The zero-order valence-corrected chi connectivity index (χ0v) is 19.1. The number of hydrogen-bond acceptors (Lipinski definition) is 5. The normalized spacial score (nSPS) is 36.1. The fourth-order valence-electron chi connectivity index (χ4n) is 7.44. The van der Waals surface area contributed by atoms with E-state index >= 15 is 0 Å². The molecule has 5 saturated carbocycles. The third kappa shape index (κ3) is 3.14. The van der Waals surface area contributed by atoms with Crippen LogP contribution in [0.1, 0.15) is 45.1 Å². The molecule has 34 heavy (non-hydrogen) atoms. The fraction of sp³-hybridized carbons (Fsp3) is 0.538. The Morgan fingerprint density at radius 2 is 1.94 bits per heavy atom. The van der Waals surface area contributed by atoms with Gasteiger partial charge in [0.25, 0.3) is 0 Å². The number of amides is 1. The minimum Gasteiger partial charge on any atom is -0.490 e. The van der Waals surface area contributed by atoms with Gasteiger partial charge in [-0.3, -0.25) is 9.78 Å². The van der Waals surface area contributed by atoms with Crippen molar-refractivity contribution in [1.82, 2.24) is 25.1 Å². The lowest BCUT2D eigenvalue weighted by molar-refractivity contribution is -0.128. The van der Waals surface area contributed by atoms with E-state index in [1.165, 1.54) is 12.1 Å². The summed E-state index contributed by atoms with van der Waals surface area (Å²) in [4.78, 5) is 17.5. The summed E-state index contributed by atoms with van der Waals surface area (Å²) in [5.41, 5.74) is 0.694. The van der Waals surface area contributed by atoms with Crippen LogP contribution in [0.15, 0.2) is 43.1 Å². The number of pyridine rings is 1. The summed E-state index contributed by atoms with van der Waals surface area (Å²) in [6.07, 6.45) is 10.4. The molecule has 5 aliphatic rings. The minimum absolute atomic E-state index is 0.0224. The van der Waals surface area contributed by atoms with E-state index in [1.54, 1.807) is 24.9 Å². The van der Waals surface area contributed by atoms with E-state index in [9.17, 15) is 9.18 Å². The second-order valence-electron chi connectivity index (χ2n) is 11.0. The smallest absolute Gasteiger partial charge is 0.223 e. The molecular formula is C26H28FN5O2. The highest BCUT2D eigenvalue weighted by Gasteiger charge is 2.62. The zero-order valence-electron chi connectivity index (χ0n) is 19.1. The van der Waals surface area contributed by atoms with E-state index in [-0.39, 0.29) is 29.3 Å². The van der Waals surface area contributed by atoms with Gasteiger partial charge in [-0.25, -0.2) is 4.39 Å². The number of benzene rings is 1. The molecule has 5 aliphatic carbocycles. The number of ether oxygens (including phenoxy) is 1. The van der Waals surface area contributed by atoms with Gasteiger partial charge in [0, 0.05) is 29.1 Å². The van der Waals surface area contributed by atoms with Gasteiger partial charge in [0.15, 0.2) is 0 Å². The van der Waals surface area contributed by atoms with Crippen LogP contribution in [0, 0.1) is 35.4 Å². The van der Waals surface area contributed by atoms with E-state index in [0.29, 0.717) is 40.8 Å². The Balaban J connectivity index is 0.957. The Morgan fingerprint density at radius 3 is 2.71 bits per heavy atom. The molecule has 2 heterocycles. The number of halogens is 1. The molecule has 1 amide bonds. The number of nitrogens with zero attached hydrogens (tertiary/aromatic N) is 4. The van der Waals surface area contributed by atoms with Crippen LogP contribution in [-0.4, -0.2) is 37.3 Å². The Bertz CT molecular complexity index is 1250. The maximum atomic E-state index is 13.8. The highest BCUT2D eigenvalue weighted by molar-refractivity contribution is 5.84. The van der Waals surface area contributed by atoms with Crippen LogP contribution in [0.2, 0.25) is 0 Å². The van der Waals surface area contributed by atoms with Gasteiger partial charge in [-0.2, -0.15) is 0 Å². The molecular weight excluding hydrogens is 433 g/mol. The van der Waals surface area contributed by atoms with E-state index in [4.69, 9.17) is 4.74 Å². The lowest BCUT2D eigenvalue weighted by Gasteiger charge is -2.40. The van der Waals surface area contributed by atoms with Gasteiger partial charge in [-0.1, -0.05) is 6.92 Å². The van der Waals surface area contributed by atoms with Crippen LogP contribution in [0.5, 0.6) is 5.75 Å². The van der Waals surface area contributed by atoms with Crippen LogP contribution in [0.25, 0.3) is 10.9 Å². The molecule has 0 aliphatic heterocycles. The van der Waals surface area contributed by atoms with Crippen molar-refractivity contribution < 1.29 is 13.9 Å². The number of hydrogen-bond donors (Lipinski definition) is 1. The lowest BCUT2D eigenvalue weighted by atomic mass is 9.76. The lowest BCUT2D eigenvalue weighted by Crippen LogP contribution is -2.53. The summed E-state index contributed by atoms with van der Waals surface area (Å²) >= 11 is 0. The predicted octanol–water partition coefficient (Wildman–Crippen LogP) is 3.91. The molecule has 8 heteroatoms. The number of rotatable bonds is 6. The Morgan fingerprint density at radius 1 is 1.18 bits per heavy atom. The molecule has 4 unspecified atom stereocenters. The van der Waals surface area contributed by atoms with Gasteiger partial charge in [0.1, 0.15) is 24.2 Å².